The molecular weight excluding hydrogens is 242 g/mol. The van der Waals surface area contributed by atoms with E-state index in [1.54, 1.807) is 11.8 Å². The molecule has 0 spiro atoms. The van der Waals surface area contributed by atoms with Crippen molar-refractivity contribution in [1.29, 1.82) is 0 Å². The normalized spacial score (nSPS) is 23.5. The molecule has 1 aliphatic heterocycles. The van der Waals surface area contributed by atoms with E-state index >= 15 is 0 Å². The molecule has 1 heterocycles. The summed E-state index contributed by atoms with van der Waals surface area (Å²) < 4.78 is 0. The minimum atomic E-state index is -0.0926. The topological polar surface area (TPSA) is 37.4 Å². The summed E-state index contributed by atoms with van der Waals surface area (Å²) in [7, 11) is 0. The van der Waals surface area contributed by atoms with Gasteiger partial charge in [-0.3, -0.25) is 9.59 Å². The first-order chi connectivity index (χ1) is 7.43. The minimum Gasteiger partial charge on any atom is -0.321 e. The number of amides is 1. The summed E-state index contributed by atoms with van der Waals surface area (Å²) in [6, 6.07) is 0.280. The van der Waals surface area contributed by atoms with E-state index in [1.165, 1.54) is 18.7 Å². The molecule has 0 aliphatic carbocycles. The highest BCUT2D eigenvalue weighted by molar-refractivity contribution is 8.13. The second kappa shape index (κ2) is 5.96. The highest BCUT2D eigenvalue weighted by atomic mass is 32.2. The average Bonchev–Trinajstić information content (AvgIpc) is 2.54. The Kier molecular flexibility index (Phi) is 5.18. The Labute approximate surface area is 106 Å². The van der Waals surface area contributed by atoms with Crippen LogP contribution >= 0.6 is 23.5 Å². The molecule has 2 atom stereocenters. The molecule has 0 aromatic carbocycles. The molecule has 1 amide bonds. The van der Waals surface area contributed by atoms with Crippen molar-refractivity contribution in [2.24, 2.45) is 5.92 Å². The van der Waals surface area contributed by atoms with Crippen molar-refractivity contribution in [2.75, 3.05) is 11.5 Å². The minimum absolute atomic E-state index is 0.0733. The molecule has 2 unspecified atom stereocenters. The highest BCUT2D eigenvalue weighted by Gasteiger charge is 2.34. The van der Waals surface area contributed by atoms with Gasteiger partial charge in [0, 0.05) is 30.4 Å². The van der Waals surface area contributed by atoms with Crippen LogP contribution in [-0.2, 0) is 9.59 Å². The SMILES string of the molecule is C[C]1SCC(C)N1C(=O)C(C)CSC(C)=O. The Balaban J connectivity index is 2.52. The van der Waals surface area contributed by atoms with Crippen LogP contribution in [-0.4, -0.2) is 33.5 Å². The summed E-state index contributed by atoms with van der Waals surface area (Å²) in [5.41, 5.74) is 0. The Hall–Kier alpha value is -0.160. The first-order valence-electron chi connectivity index (χ1n) is 5.36. The van der Waals surface area contributed by atoms with Gasteiger partial charge in [-0.25, -0.2) is 0 Å². The predicted molar refractivity (Wildman–Crippen MR) is 70.0 cm³/mol. The van der Waals surface area contributed by atoms with E-state index in [0.717, 1.165) is 11.1 Å². The number of carbonyl (C=O) groups excluding carboxylic acids is 2. The van der Waals surface area contributed by atoms with Crippen LogP contribution in [0.3, 0.4) is 0 Å². The molecule has 0 N–H and O–H groups in total. The van der Waals surface area contributed by atoms with Gasteiger partial charge in [0.1, 0.15) is 5.37 Å². The van der Waals surface area contributed by atoms with Crippen LogP contribution in [0.2, 0.25) is 0 Å². The van der Waals surface area contributed by atoms with E-state index in [4.69, 9.17) is 0 Å². The van der Waals surface area contributed by atoms with E-state index < -0.39 is 0 Å². The third-order valence-corrected chi connectivity index (χ3v) is 4.85. The maximum absolute atomic E-state index is 12.1. The van der Waals surface area contributed by atoms with Gasteiger partial charge in [0.2, 0.25) is 5.91 Å². The van der Waals surface area contributed by atoms with Gasteiger partial charge in [0.25, 0.3) is 0 Å². The van der Waals surface area contributed by atoms with E-state index in [2.05, 4.69) is 6.92 Å². The molecule has 5 heteroatoms. The maximum atomic E-state index is 12.1. The molecule has 1 radical (unpaired) electrons. The van der Waals surface area contributed by atoms with Crippen molar-refractivity contribution in [2.45, 2.75) is 33.7 Å². The van der Waals surface area contributed by atoms with Gasteiger partial charge in [-0.05, 0) is 13.8 Å². The zero-order valence-electron chi connectivity index (χ0n) is 10.1. The summed E-state index contributed by atoms with van der Waals surface area (Å²) >= 11 is 2.96. The summed E-state index contributed by atoms with van der Waals surface area (Å²) in [6.45, 7) is 7.47. The first kappa shape index (κ1) is 13.9. The quantitative estimate of drug-likeness (QED) is 0.781. The lowest BCUT2D eigenvalue weighted by molar-refractivity contribution is -0.133. The van der Waals surface area contributed by atoms with E-state index in [1.807, 2.05) is 18.7 Å². The summed E-state index contributed by atoms with van der Waals surface area (Å²) in [4.78, 5) is 24.9. The second-order valence-electron chi connectivity index (χ2n) is 4.09. The first-order valence-corrected chi connectivity index (χ1v) is 7.33. The van der Waals surface area contributed by atoms with E-state index in [0.29, 0.717) is 5.75 Å². The molecule has 0 aromatic rings. The lowest BCUT2D eigenvalue weighted by Gasteiger charge is -2.27. The van der Waals surface area contributed by atoms with Gasteiger partial charge in [0.15, 0.2) is 5.12 Å². The lowest BCUT2D eigenvalue weighted by atomic mass is 10.1. The van der Waals surface area contributed by atoms with Gasteiger partial charge in [-0.15, -0.1) is 11.8 Å². The molecule has 1 fully saturated rings. The van der Waals surface area contributed by atoms with Gasteiger partial charge in [0.05, 0.1) is 0 Å². The Morgan fingerprint density at radius 3 is 2.69 bits per heavy atom. The van der Waals surface area contributed by atoms with Crippen LogP contribution in [0.4, 0.5) is 0 Å². The van der Waals surface area contributed by atoms with Crippen LogP contribution in [0.15, 0.2) is 0 Å². The largest absolute Gasteiger partial charge is 0.321 e. The zero-order chi connectivity index (χ0) is 12.3. The third-order valence-electron chi connectivity index (χ3n) is 2.51. The lowest BCUT2D eigenvalue weighted by Crippen LogP contribution is -2.39. The molecule has 3 nitrogen and oxygen atoms in total. The summed E-state index contributed by atoms with van der Waals surface area (Å²) in [6.07, 6.45) is 0. The third kappa shape index (κ3) is 3.42. The highest BCUT2D eigenvalue weighted by Crippen LogP contribution is 2.35. The fraction of sp³-hybridized carbons (Fsp3) is 0.727. The molecule has 1 rings (SSSR count). The molecule has 1 saturated heterocycles. The number of rotatable bonds is 3. The van der Waals surface area contributed by atoms with Gasteiger partial charge < -0.3 is 4.90 Å². The van der Waals surface area contributed by atoms with Crippen molar-refractivity contribution in [3.05, 3.63) is 5.37 Å². The van der Waals surface area contributed by atoms with Crippen molar-refractivity contribution >= 4 is 34.5 Å². The number of nitrogens with zero attached hydrogens (tertiary/aromatic N) is 1. The summed E-state index contributed by atoms with van der Waals surface area (Å²) in [5, 5.41) is 1.15. The van der Waals surface area contributed by atoms with E-state index in [9.17, 15) is 9.59 Å². The molecule has 91 valence electrons. The molecular formula is C11H18NO2S2. The van der Waals surface area contributed by atoms with Crippen LogP contribution in [0, 0.1) is 11.3 Å². The monoisotopic (exact) mass is 260 g/mol. The fourth-order valence-electron chi connectivity index (χ4n) is 1.62. The molecule has 1 aliphatic rings. The van der Waals surface area contributed by atoms with Crippen LogP contribution in [0.1, 0.15) is 27.7 Å². The predicted octanol–water partition coefficient (Wildman–Crippen LogP) is 2.38. The Morgan fingerprint density at radius 2 is 2.25 bits per heavy atom. The number of hydrogen-bond donors (Lipinski definition) is 0. The van der Waals surface area contributed by atoms with Crippen molar-refractivity contribution in [3.8, 4) is 0 Å². The van der Waals surface area contributed by atoms with Crippen molar-refractivity contribution in [1.82, 2.24) is 4.90 Å². The molecule has 0 saturated carbocycles. The number of carbonyl (C=O) groups is 2. The standard InChI is InChI=1S/C11H18NO2S2/c1-7(5-16-10(4)13)11(14)12-8(2)6-15-9(12)3/h7-8H,5-6H2,1-4H3. The fourth-order valence-corrected chi connectivity index (χ4v) is 3.29. The van der Waals surface area contributed by atoms with Gasteiger partial charge >= 0.3 is 0 Å². The van der Waals surface area contributed by atoms with Gasteiger partial charge in [-0.2, -0.15) is 0 Å². The molecule has 0 aromatic heterocycles. The van der Waals surface area contributed by atoms with E-state index in [-0.39, 0.29) is 23.0 Å². The number of hydrogen-bond acceptors (Lipinski definition) is 4. The molecule has 16 heavy (non-hydrogen) atoms. The van der Waals surface area contributed by atoms with Crippen LogP contribution in [0.5, 0.6) is 0 Å². The molecule has 0 bridgehead atoms. The average molecular weight is 260 g/mol. The Bertz CT molecular complexity index is 273. The zero-order valence-corrected chi connectivity index (χ0v) is 11.8. The maximum Gasteiger partial charge on any atom is 0.227 e. The number of thioether (sulfide) groups is 2. The van der Waals surface area contributed by atoms with Gasteiger partial charge in [-0.1, -0.05) is 18.7 Å². The van der Waals surface area contributed by atoms with Crippen LogP contribution in [0.25, 0.3) is 0 Å². The second-order valence-corrected chi connectivity index (χ2v) is 6.50. The van der Waals surface area contributed by atoms with Crippen molar-refractivity contribution in [3.63, 3.8) is 0 Å². The smallest absolute Gasteiger partial charge is 0.227 e. The van der Waals surface area contributed by atoms with Crippen LogP contribution < -0.4 is 0 Å². The van der Waals surface area contributed by atoms with Crippen molar-refractivity contribution < 1.29 is 9.59 Å². The Morgan fingerprint density at radius 1 is 1.62 bits per heavy atom. The summed E-state index contributed by atoms with van der Waals surface area (Å²) in [5.74, 6) is 1.60.